The molecule has 0 atom stereocenters. The summed E-state index contributed by atoms with van der Waals surface area (Å²) in [5, 5.41) is 0.278. The zero-order valence-corrected chi connectivity index (χ0v) is 18.2. The minimum Gasteiger partial charge on any atom is -0.465 e. The third-order valence-corrected chi connectivity index (χ3v) is 6.20. The number of methoxy groups -OCH3 is 1. The first kappa shape index (κ1) is 22.3. The Morgan fingerprint density at radius 2 is 1.84 bits per heavy atom. The van der Waals surface area contributed by atoms with Crippen molar-refractivity contribution in [2.75, 3.05) is 51.4 Å². The number of benzene rings is 2. The summed E-state index contributed by atoms with van der Waals surface area (Å²) < 4.78 is 38.2. The van der Waals surface area contributed by atoms with Gasteiger partial charge in [-0.25, -0.2) is 18.6 Å². The Balaban J connectivity index is 1.64. The van der Waals surface area contributed by atoms with Gasteiger partial charge in [-0.2, -0.15) is 0 Å². The van der Waals surface area contributed by atoms with E-state index in [1.807, 2.05) is 0 Å². The average molecular weight is 461 g/mol. The van der Waals surface area contributed by atoms with Crippen molar-refractivity contribution >= 4 is 38.6 Å². The van der Waals surface area contributed by atoms with E-state index in [4.69, 9.17) is 4.74 Å². The Kier molecular flexibility index (Phi) is 6.73. The fourth-order valence-electron chi connectivity index (χ4n) is 3.43. The lowest BCUT2D eigenvalue weighted by Gasteiger charge is -2.29. The van der Waals surface area contributed by atoms with Crippen molar-refractivity contribution in [1.82, 2.24) is 9.88 Å². The number of esters is 1. The Labute approximate surface area is 187 Å². The third kappa shape index (κ3) is 4.77. The van der Waals surface area contributed by atoms with Crippen LogP contribution in [0.3, 0.4) is 0 Å². The SMILES string of the molecule is COC(=O)c1ccc(C(=O)N(CCN2CCOCC2)c2nc3c(F)cc(F)cc3s2)cc1. The number of carbonyl (C=O) groups excluding carboxylic acids is 2. The molecule has 1 aromatic heterocycles. The largest absolute Gasteiger partial charge is 0.465 e. The van der Waals surface area contributed by atoms with E-state index in [0.29, 0.717) is 42.1 Å². The van der Waals surface area contributed by atoms with Gasteiger partial charge < -0.3 is 9.47 Å². The summed E-state index contributed by atoms with van der Waals surface area (Å²) in [5.74, 6) is -2.33. The molecule has 4 rings (SSSR count). The summed E-state index contributed by atoms with van der Waals surface area (Å²) in [6, 6.07) is 8.06. The van der Waals surface area contributed by atoms with Crippen LogP contribution in [0.4, 0.5) is 13.9 Å². The summed E-state index contributed by atoms with van der Waals surface area (Å²) in [7, 11) is 1.28. The topological polar surface area (TPSA) is 72.0 Å². The van der Waals surface area contributed by atoms with E-state index in [2.05, 4.69) is 14.6 Å². The predicted molar refractivity (Wildman–Crippen MR) is 116 cm³/mol. The second-order valence-electron chi connectivity index (χ2n) is 7.21. The first-order chi connectivity index (χ1) is 15.5. The molecular weight excluding hydrogens is 440 g/mol. The number of rotatable bonds is 6. The molecule has 0 spiro atoms. The summed E-state index contributed by atoms with van der Waals surface area (Å²) in [6.07, 6.45) is 0. The van der Waals surface area contributed by atoms with Crippen LogP contribution in [0, 0.1) is 11.6 Å². The monoisotopic (exact) mass is 461 g/mol. The first-order valence-corrected chi connectivity index (χ1v) is 10.8. The molecule has 168 valence electrons. The van der Waals surface area contributed by atoms with Crippen molar-refractivity contribution in [3.8, 4) is 0 Å². The van der Waals surface area contributed by atoms with Crippen LogP contribution in [0.25, 0.3) is 10.2 Å². The normalized spacial score (nSPS) is 14.5. The summed E-state index contributed by atoms with van der Waals surface area (Å²) in [5.41, 5.74) is 0.684. The van der Waals surface area contributed by atoms with Gasteiger partial charge >= 0.3 is 5.97 Å². The molecular formula is C22H21F2N3O4S. The minimum atomic E-state index is -0.773. The van der Waals surface area contributed by atoms with Crippen LogP contribution in [-0.2, 0) is 9.47 Å². The number of amides is 1. The molecule has 0 radical (unpaired) electrons. The molecule has 1 fully saturated rings. The van der Waals surface area contributed by atoms with Crippen LogP contribution >= 0.6 is 11.3 Å². The predicted octanol–water partition coefficient (Wildman–Crippen LogP) is 3.34. The highest BCUT2D eigenvalue weighted by Gasteiger charge is 2.24. The summed E-state index contributed by atoms with van der Waals surface area (Å²) in [6.45, 7) is 3.61. The maximum Gasteiger partial charge on any atom is 0.337 e. The second kappa shape index (κ2) is 9.68. The van der Waals surface area contributed by atoms with Gasteiger partial charge in [-0.15, -0.1) is 0 Å². The van der Waals surface area contributed by atoms with E-state index in [-0.39, 0.29) is 16.6 Å². The molecule has 10 heteroatoms. The lowest BCUT2D eigenvalue weighted by atomic mass is 10.1. The highest BCUT2D eigenvalue weighted by Crippen LogP contribution is 2.32. The molecule has 2 aromatic carbocycles. The molecule has 7 nitrogen and oxygen atoms in total. The standard InChI is InChI=1S/C22H21F2N3O4S/c1-30-21(29)15-4-2-14(3-5-15)20(28)27(7-6-26-8-10-31-11-9-26)22-25-19-17(24)12-16(23)13-18(19)32-22/h2-5,12-13H,6-11H2,1H3. The van der Waals surface area contributed by atoms with Crippen molar-refractivity contribution in [3.63, 3.8) is 0 Å². The Morgan fingerprint density at radius 1 is 1.16 bits per heavy atom. The van der Waals surface area contributed by atoms with Crippen molar-refractivity contribution in [2.45, 2.75) is 0 Å². The van der Waals surface area contributed by atoms with Crippen molar-refractivity contribution < 1.29 is 27.8 Å². The number of morpholine rings is 1. The second-order valence-corrected chi connectivity index (χ2v) is 8.22. The molecule has 0 aliphatic carbocycles. The lowest BCUT2D eigenvalue weighted by molar-refractivity contribution is 0.0391. The minimum absolute atomic E-state index is 0.0246. The summed E-state index contributed by atoms with van der Waals surface area (Å²) >= 11 is 1.05. The van der Waals surface area contributed by atoms with Gasteiger partial charge in [-0.1, -0.05) is 11.3 Å². The van der Waals surface area contributed by atoms with Gasteiger partial charge in [0.05, 0.1) is 30.6 Å². The van der Waals surface area contributed by atoms with Gasteiger partial charge in [-0.3, -0.25) is 14.6 Å². The average Bonchev–Trinajstić information content (AvgIpc) is 3.23. The molecule has 32 heavy (non-hydrogen) atoms. The molecule has 1 aliphatic rings. The quantitative estimate of drug-likeness (QED) is 0.525. The maximum atomic E-state index is 14.2. The molecule has 1 aliphatic heterocycles. The smallest absolute Gasteiger partial charge is 0.337 e. The fourth-order valence-corrected chi connectivity index (χ4v) is 4.46. The highest BCUT2D eigenvalue weighted by molar-refractivity contribution is 7.22. The van der Waals surface area contributed by atoms with Crippen LogP contribution in [0.2, 0.25) is 0 Å². The molecule has 2 heterocycles. The molecule has 0 N–H and O–H groups in total. The number of thiazole rings is 1. The van der Waals surface area contributed by atoms with Crippen molar-refractivity contribution in [3.05, 3.63) is 59.2 Å². The molecule has 0 bridgehead atoms. The third-order valence-electron chi connectivity index (χ3n) is 5.17. The number of ether oxygens (including phenoxy) is 2. The van der Waals surface area contributed by atoms with Crippen LogP contribution in [0.15, 0.2) is 36.4 Å². The van der Waals surface area contributed by atoms with Crippen molar-refractivity contribution in [2.24, 2.45) is 0 Å². The zero-order valence-electron chi connectivity index (χ0n) is 17.3. The number of carbonyl (C=O) groups is 2. The van der Waals surface area contributed by atoms with Gasteiger partial charge in [-0.05, 0) is 30.3 Å². The van der Waals surface area contributed by atoms with Gasteiger partial charge in [0.25, 0.3) is 5.91 Å². The number of fused-ring (bicyclic) bond motifs is 1. The summed E-state index contributed by atoms with van der Waals surface area (Å²) in [4.78, 5) is 33.0. The van der Waals surface area contributed by atoms with E-state index in [0.717, 1.165) is 30.5 Å². The zero-order chi connectivity index (χ0) is 22.7. The molecule has 3 aromatic rings. The van der Waals surface area contributed by atoms with E-state index < -0.39 is 17.6 Å². The van der Waals surface area contributed by atoms with Gasteiger partial charge in [0.1, 0.15) is 11.3 Å². The Bertz CT molecular complexity index is 1130. The van der Waals surface area contributed by atoms with Crippen LogP contribution in [0.1, 0.15) is 20.7 Å². The number of aromatic nitrogens is 1. The van der Waals surface area contributed by atoms with Gasteiger partial charge in [0.2, 0.25) is 0 Å². The maximum absolute atomic E-state index is 14.2. The fraction of sp³-hybridized carbons (Fsp3) is 0.318. The molecule has 0 unspecified atom stereocenters. The van der Waals surface area contributed by atoms with E-state index in [1.165, 1.54) is 42.3 Å². The molecule has 1 amide bonds. The number of hydrogen-bond donors (Lipinski definition) is 0. The highest BCUT2D eigenvalue weighted by atomic mass is 32.1. The van der Waals surface area contributed by atoms with Gasteiger partial charge in [0.15, 0.2) is 10.9 Å². The van der Waals surface area contributed by atoms with Crippen LogP contribution in [0.5, 0.6) is 0 Å². The lowest BCUT2D eigenvalue weighted by Crippen LogP contribution is -2.43. The molecule has 0 saturated carbocycles. The van der Waals surface area contributed by atoms with Crippen LogP contribution < -0.4 is 4.90 Å². The number of nitrogens with zero attached hydrogens (tertiary/aromatic N) is 3. The number of halogens is 2. The Morgan fingerprint density at radius 3 is 2.53 bits per heavy atom. The molecule has 1 saturated heterocycles. The van der Waals surface area contributed by atoms with Crippen molar-refractivity contribution in [1.29, 1.82) is 0 Å². The van der Waals surface area contributed by atoms with Crippen LogP contribution in [-0.4, -0.2) is 68.3 Å². The Hall–Kier alpha value is -2.95. The number of hydrogen-bond acceptors (Lipinski definition) is 7. The number of anilines is 1. The van der Waals surface area contributed by atoms with E-state index >= 15 is 0 Å². The van der Waals surface area contributed by atoms with E-state index in [1.54, 1.807) is 0 Å². The van der Waals surface area contributed by atoms with Gasteiger partial charge in [0, 0.05) is 37.8 Å². The first-order valence-electron chi connectivity index (χ1n) is 10.0. The van der Waals surface area contributed by atoms with E-state index in [9.17, 15) is 18.4 Å².